The molecule has 0 spiro atoms. The van der Waals surface area contributed by atoms with Gasteiger partial charge in [0.25, 0.3) is 0 Å². The molecule has 0 N–H and O–H groups in total. The average molecular weight is 389 g/mol. The van der Waals surface area contributed by atoms with Crippen molar-refractivity contribution >= 4 is 43.5 Å². The maximum absolute atomic E-state index is 6.10. The molecule has 0 aliphatic rings. The number of hydrogen-bond donors (Lipinski definition) is 0. The van der Waals surface area contributed by atoms with Crippen molar-refractivity contribution in [3.8, 4) is 0 Å². The number of benzene rings is 2. The minimum atomic E-state index is 0.160. The van der Waals surface area contributed by atoms with Crippen molar-refractivity contribution in [2.75, 3.05) is 0 Å². The lowest BCUT2D eigenvalue weighted by molar-refractivity contribution is 1.13. The number of alkyl halides is 1. The molecule has 0 saturated carbocycles. The molecule has 0 fully saturated rings. The van der Waals surface area contributed by atoms with Crippen molar-refractivity contribution < 1.29 is 0 Å². The van der Waals surface area contributed by atoms with Gasteiger partial charge in [0.05, 0.1) is 4.83 Å². The van der Waals surface area contributed by atoms with Crippen LogP contribution in [0.5, 0.6) is 0 Å². The first-order valence-corrected chi connectivity index (χ1v) is 7.73. The first-order chi connectivity index (χ1) is 8.47. The van der Waals surface area contributed by atoms with Gasteiger partial charge in [-0.3, -0.25) is 0 Å². The summed E-state index contributed by atoms with van der Waals surface area (Å²) in [5.74, 6) is 0. The molecular weight excluding hydrogens is 375 g/mol. The molecule has 1 unspecified atom stereocenters. The van der Waals surface area contributed by atoms with Crippen molar-refractivity contribution in [3.63, 3.8) is 0 Å². The Kier molecular flexibility index (Phi) is 4.52. The summed E-state index contributed by atoms with van der Waals surface area (Å²) in [5, 5.41) is 0.745. The molecule has 94 valence electrons. The molecule has 2 aromatic carbocycles. The van der Waals surface area contributed by atoms with Crippen LogP contribution in [0.25, 0.3) is 0 Å². The molecule has 2 aromatic rings. The third-order valence-electron chi connectivity index (χ3n) is 2.89. The van der Waals surface area contributed by atoms with Crippen LogP contribution in [-0.2, 0) is 0 Å². The summed E-state index contributed by atoms with van der Waals surface area (Å²) in [5.41, 5.74) is 4.98. The first-order valence-electron chi connectivity index (χ1n) is 5.64. The van der Waals surface area contributed by atoms with E-state index in [2.05, 4.69) is 70.0 Å². The summed E-state index contributed by atoms with van der Waals surface area (Å²) in [7, 11) is 0. The second-order valence-corrected chi connectivity index (χ2v) is 6.69. The molecule has 0 nitrogen and oxygen atoms in total. The van der Waals surface area contributed by atoms with Crippen LogP contribution in [0.1, 0.15) is 27.1 Å². The van der Waals surface area contributed by atoms with E-state index in [1.807, 2.05) is 12.1 Å². The number of halogens is 3. The highest BCUT2D eigenvalue weighted by molar-refractivity contribution is 9.10. The molecule has 0 aromatic heterocycles. The summed E-state index contributed by atoms with van der Waals surface area (Å²) in [4.78, 5) is 0.160. The lowest BCUT2D eigenvalue weighted by Gasteiger charge is -2.15. The van der Waals surface area contributed by atoms with E-state index in [9.17, 15) is 0 Å². The Labute approximate surface area is 130 Å². The lowest BCUT2D eigenvalue weighted by Crippen LogP contribution is -1.97. The fraction of sp³-hybridized carbons (Fsp3) is 0.200. The van der Waals surface area contributed by atoms with E-state index >= 15 is 0 Å². The third kappa shape index (κ3) is 3.17. The summed E-state index contributed by atoms with van der Waals surface area (Å²) in [6.45, 7) is 4.24. The second kappa shape index (κ2) is 5.77. The predicted octanol–water partition coefficient (Wildman–Crippen LogP) is 6.20. The second-order valence-electron chi connectivity index (χ2n) is 4.43. The molecule has 3 heteroatoms. The van der Waals surface area contributed by atoms with E-state index in [4.69, 9.17) is 11.6 Å². The zero-order chi connectivity index (χ0) is 13.3. The Morgan fingerprint density at radius 1 is 1.06 bits per heavy atom. The normalized spacial score (nSPS) is 12.5. The van der Waals surface area contributed by atoms with Gasteiger partial charge in [0, 0.05) is 9.50 Å². The Balaban J connectivity index is 2.47. The molecular formula is C15H13Br2Cl. The Bertz CT molecular complexity index is 558. The fourth-order valence-electron chi connectivity index (χ4n) is 1.93. The van der Waals surface area contributed by atoms with Crippen LogP contribution >= 0.6 is 43.5 Å². The summed E-state index contributed by atoms with van der Waals surface area (Å²) >= 11 is 13.4. The van der Waals surface area contributed by atoms with Gasteiger partial charge < -0.3 is 0 Å². The standard InChI is InChI=1S/C15H13Br2Cl/c1-9-3-4-10(2)14(5-9)15(17)11-6-12(16)8-13(18)7-11/h3-8,15H,1-2H3. The number of aryl methyl sites for hydroxylation is 2. The molecule has 0 aliphatic carbocycles. The van der Waals surface area contributed by atoms with Gasteiger partial charge in [-0.05, 0) is 48.7 Å². The Hall–Kier alpha value is -0.310. The van der Waals surface area contributed by atoms with E-state index in [-0.39, 0.29) is 4.83 Å². The van der Waals surface area contributed by atoms with Gasteiger partial charge in [-0.1, -0.05) is 67.2 Å². The van der Waals surface area contributed by atoms with Gasteiger partial charge in [-0.2, -0.15) is 0 Å². The van der Waals surface area contributed by atoms with Crippen LogP contribution in [0, 0.1) is 13.8 Å². The quantitative estimate of drug-likeness (QED) is 0.537. The van der Waals surface area contributed by atoms with Gasteiger partial charge in [-0.25, -0.2) is 0 Å². The molecule has 0 bridgehead atoms. The van der Waals surface area contributed by atoms with Crippen LogP contribution in [0.3, 0.4) is 0 Å². The minimum Gasteiger partial charge on any atom is -0.0843 e. The molecule has 2 rings (SSSR count). The number of rotatable bonds is 2. The molecule has 0 heterocycles. The Morgan fingerprint density at radius 3 is 2.44 bits per heavy atom. The summed E-state index contributed by atoms with van der Waals surface area (Å²) in [6.07, 6.45) is 0. The largest absolute Gasteiger partial charge is 0.0843 e. The predicted molar refractivity (Wildman–Crippen MR) is 85.8 cm³/mol. The van der Waals surface area contributed by atoms with Crippen molar-refractivity contribution in [1.29, 1.82) is 0 Å². The zero-order valence-electron chi connectivity index (χ0n) is 10.2. The van der Waals surface area contributed by atoms with Crippen LogP contribution < -0.4 is 0 Å². The fourth-order valence-corrected chi connectivity index (χ4v) is 3.58. The van der Waals surface area contributed by atoms with Crippen molar-refractivity contribution in [1.82, 2.24) is 0 Å². The van der Waals surface area contributed by atoms with Crippen molar-refractivity contribution in [3.05, 3.63) is 68.1 Å². The first kappa shape index (κ1) is 14.1. The van der Waals surface area contributed by atoms with Gasteiger partial charge in [0.1, 0.15) is 0 Å². The summed E-state index contributed by atoms with van der Waals surface area (Å²) < 4.78 is 1.000. The third-order valence-corrected chi connectivity index (χ3v) is 4.58. The minimum absolute atomic E-state index is 0.160. The smallest absolute Gasteiger partial charge is 0.0648 e. The van der Waals surface area contributed by atoms with E-state index < -0.39 is 0 Å². The van der Waals surface area contributed by atoms with Crippen LogP contribution in [-0.4, -0.2) is 0 Å². The van der Waals surface area contributed by atoms with Crippen LogP contribution in [0.15, 0.2) is 40.9 Å². The van der Waals surface area contributed by atoms with Crippen molar-refractivity contribution in [2.45, 2.75) is 18.7 Å². The van der Waals surface area contributed by atoms with E-state index in [1.165, 1.54) is 16.7 Å². The highest BCUT2D eigenvalue weighted by Crippen LogP contribution is 2.35. The van der Waals surface area contributed by atoms with E-state index in [1.54, 1.807) is 0 Å². The van der Waals surface area contributed by atoms with Crippen LogP contribution in [0.4, 0.5) is 0 Å². The SMILES string of the molecule is Cc1ccc(C)c(C(Br)c2cc(Cl)cc(Br)c2)c1. The number of hydrogen-bond acceptors (Lipinski definition) is 0. The average Bonchev–Trinajstić information content (AvgIpc) is 2.30. The van der Waals surface area contributed by atoms with E-state index in [0.717, 1.165) is 15.1 Å². The summed E-state index contributed by atoms with van der Waals surface area (Å²) in [6, 6.07) is 12.5. The molecule has 1 atom stereocenters. The molecule has 0 amide bonds. The van der Waals surface area contributed by atoms with Gasteiger partial charge in [0.2, 0.25) is 0 Å². The molecule has 0 aliphatic heterocycles. The molecule has 18 heavy (non-hydrogen) atoms. The molecule has 0 saturated heterocycles. The molecule has 0 radical (unpaired) electrons. The monoisotopic (exact) mass is 386 g/mol. The van der Waals surface area contributed by atoms with Gasteiger partial charge in [0.15, 0.2) is 0 Å². The highest BCUT2D eigenvalue weighted by Gasteiger charge is 2.14. The maximum Gasteiger partial charge on any atom is 0.0648 e. The van der Waals surface area contributed by atoms with Gasteiger partial charge >= 0.3 is 0 Å². The lowest BCUT2D eigenvalue weighted by atomic mass is 9.98. The zero-order valence-corrected chi connectivity index (χ0v) is 14.1. The Morgan fingerprint density at radius 2 is 1.78 bits per heavy atom. The van der Waals surface area contributed by atoms with E-state index in [0.29, 0.717) is 0 Å². The van der Waals surface area contributed by atoms with Gasteiger partial charge in [-0.15, -0.1) is 0 Å². The highest BCUT2D eigenvalue weighted by atomic mass is 79.9. The maximum atomic E-state index is 6.10. The van der Waals surface area contributed by atoms with Crippen LogP contribution in [0.2, 0.25) is 5.02 Å². The topological polar surface area (TPSA) is 0 Å². The van der Waals surface area contributed by atoms with Crippen molar-refractivity contribution in [2.24, 2.45) is 0 Å².